The molecule has 0 aromatic heterocycles. The summed E-state index contributed by atoms with van der Waals surface area (Å²) in [5.41, 5.74) is 6.98. The third kappa shape index (κ3) is 3.40. The highest BCUT2D eigenvalue weighted by molar-refractivity contribution is 5.97. The van der Waals surface area contributed by atoms with Crippen molar-refractivity contribution in [2.45, 2.75) is 31.8 Å². The quantitative estimate of drug-likeness (QED) is 0.554. The van der Waals surface area contributed by atoms with Gasteiger partial charge < -0.3 is 21.1 Å². The van der Waals surface area contributed by atoms with Crippen molar-refractivity contribution in [3.05, 3.63) is 23.8 Å². The molecule has 1 amide bonds. The van der Waals surface area contributed by atoms with E-state index in [1.807, 2.05) is 0 Å². The van der Waals surface area contributed by atoms with Crippen LogP contribution in [0.15, 0.2) is 18.2 Å². The molecule has 108 valence electrons. The summed E-state index contributed by atoms with van der Waals surface area (Å²) in [6.45, 7) is 1.75. The molecule has 0 heterocycles. The van der Waals surface area contributed by atoms with Crippen LogP contribution < -0.4 is 16.4 Å². The zero-order valence-electron chi connectivity index (χ0n) is 11.6. The second kappa shape index (κ2) is 5.81. The molecule has 1 aromatic carbocycles. The number of esters is 1. The summed E-state index contributed by atoms with van der Waals surface area (Å²) in [5.74, 6) is -0.574. The van der Waals surface area contributed by atoms with Crippen molar-refractivity contribution in [3.8, 4) is 0 Å². The Hall–Kier alpha value is -2.24. The first kappa shape index (κ1) is 14.2. The van der Waals surface area contributed by atoms with E-state index in [1.165, 1.54) is 13.2 Å². The van der Waals surface area contributed by atoms with Crippen LogP contribution in [-0.4, -0.2) is 31.1 Å². The SMILES string of the molecule is COC(=O)c1cc(N)ccc1NC(C)C(=O)NC1CC1. The maximum absolute atomic E-state index is 11.9. The van der Waals surface area contributed by atoms with E-state index in [9.17, 15) is 9.59 Å². The molecule has 0 bridgehead atoms. The molecule has 1 aliphatic carbocycles. The highest BCUT2D eigenvalue weighted by atomic mass is 16.5. The fraction of sp³-hybridized carbons (Fsp3) is 0.429. The summed E-state index contributed by atoms with van der Waals surface area (Å²) in [6, 6.07) is 4.73. The van der Waals surface area contributed by atoms with Crippen LogP contribution >= 0.6 is 0 Å². The number of nitrogen functional groups attached to an aromatic ring is 1. The predicted octanol–water partition coefficient (Wildman–Crippen LogP) is 1.13. The first-order chi connectivity index (χ1) is 9.51. The van der Waals surface area contributed by atoms with Gasteiger partial charge in [-0.3, -0.25) is 4.79 Å². The highest BCUT2D eigenvalue weighted by Crippen LogP contribution is 2.22. The van der Waals surface area contributed by atoms with Crippen molar-refractivity contribution in [1.29, 1.82) is 0 Å². The topological polar surface area (TPSA) is 93.4 Å². The Kier molecular flexibility index (Phi) is 4.12. The molecule has 6 heteroatoms. The van der Waals surface area contributed by atoms with Gasteiger partial charge in [-0.2, -0.15) is 0 Å². The average Bonchev–Trinajstić information content (AvgIpc) is 3.23. The van der Waals surface area contributed by atoms with Crippen molar-refractivity contribution < 1.29 is 14.3 Å². The molecule has 0 radical (unpaired) electrons. The number of anilines is 2. The van der Waals surface area contributed by atoms with Gasteiger partial charge in [-0.05, 0) is 38.0 Å². The lowest BCUT2D eigenvalue weighted by molar-refractivity contribution is -0.121. The second-order valence-electron chi connectivity index (χ2n) is 4.95. The Balaban J connectivity index is 2.10. The molecule has 0 saturated heterocycles. The molecule has 0 aliphatic heterocycles. The first-order valence-corrected chi connectivity index (χ1v) is 6.56. The molecular weight excluding hydrogens is 258 g/mol. The van der Waals surface area contributed by atoms with Gasteiger partial charge in [0, 0.05) is 17.4 Å². The minimum absolute atomic E-state index is 0.0832. The van der Waals surface area contributed by atoms with Crippen LogP contribution in [0.2, 0.25) is 0 Å². The zero-order valence-corrected chi connectivity index (χ0v) is 11.6. The summed E-state index contributed by atoms with van der Waals surface area (Å²) < 4.78 is 4.71. The van der Waals surface area contributed by atoms with Crippen LogP contribution in [0.4, 0.5) is 11.4 Å². The van der Waals surface area contributed by atoms with Gasteiger partial charge in [-0.25, -0.2) is 4.79 Å². The molecular formula is C14H19N3O3. The van der Waals surface area contributed by atoms with Gasteiger partial charge in [0.05, 0.1) is 12.7 Å². The van der Waals surface area contributed by atoms with E-state index in [-0.39, 0.29) is 5.91 Å². The minimum Gasteiger partial charge on any atom is -0.465 e. The largest absolute Gasteiger partial charge is 0.465 e. The van der Waals surface area contributed by atoms with E-state index >= 15 is 0 Å². The number of benzene rings is 1. The van der Waals surface area contributed by atoms with E-state index < -0.39 is 12.0 Å². The number of hydrogen-bond acceptors (Lipinski definition) is 5. The average molecular weight is 277 g/mol. The van der Waals surface area contributed by atoms with E-state index in [1.54, 1.807) is 19.1 Å². The van der Waals surface area contributed by atoms with Gasteiger partial charge in [0.2, 0.25) is 5.91 Å². The van der Waals surface area contributed by atoms with Crippen LogP contribution in [0.3, 0.4) is 0 Å². The normalized spacial score (nSPS) is 15.3. The van der Waals surface area contributed by atoms with Gasteiger partial charge in [-0.15, -0.1) is 0 Å². The Morgan fingerprint density at radius 3 is 2.70 bits per heavy atom. The molecule has 1 aliphatic rings. The predicted molar refractivity (Wildman–Crippen MR) is 76.4 cm³/mol. The summed E-state index contributed by atoms with van der Waals surface area (Å²) in [7, 11) is 1.30. The molecule has 1 atom stereocenters. The highest BCUT2D eigenvalue weighted by Gasteiger charge is 2.26. The molecule has 0 spiro atoms. The summed E-state index contributed by atoms with van der Waals surface area (Å²) in [6.07, 6.45) is 2.07. The van der Waals surface area contributed by atoms with Crippen LogP contribution in [0, 0.1) is 0 Å². The Labute approximate surface area is 117 Å². The first-order valence-electron chi connectivity index (χ1n) is 6.56. The fourth-order valence-corrected chi connectivity index (χ4v) is 1.82. The van der Waals surface area contributed by atoms with Crippen LogP contribution in [-0.2, 0) is 9.53 Å². The van der Waals surface area contributed by atoms with Gasteiger partial charge in [-0.1, -0.05) is 0 Å². The molecule has 20 heavy (non-hydrogen) atoms. The van der Waals surface area contributed by atoms with Crippen molar-refractivity contribution in [1.82, 2.24) is 5.32 Å². The molecule has 1 fully saturated rings. The number of nitrogens with two attached hydrogens (primary N) is 1. The lowest BCUT2D eigenvalue weighted by atomic mass is 10.1. The number of amides is 1. The van der Waals surface area contributed by atoms with Crippen LogP contribution in [0.5, 0.6) is 0 Å². The van der Waals surface area contributed by atoms with Gasteiger partial charge in [0.1, 0.15) is 6.04 Å². The number of hydrogen-bond donors (Lipinski definition) is 3. The molecule has 4 N–H and O–H groups in total. The number of nitrogens with one attached hydrogen (secondary N) is 2. The molecule has 1 saturated carbocycles. The van der Waals surface area contributed by atoms with Crippen LogP contribution in [0.25, 0.3) is 0 Å². The van der Waals surface area contributed by atoms with E-state index in [2.05, 4.69) is 10.6 Å². The third-order valence-corrected chi connectivity index (χ3v) is 3.14. The zero-order chi connectivity index (χ0) is 14.7. The van der Waals surface area contributed by atoms with Gasteiger partial charge >= 0.3 is 5.97 Å². The third-order valence-electron chi connectivity index (χ3n) is 3.14. The monoisotopic (exact) mass is 277 g/mol. The Bertz CT molecular complexity index is 526. The Morgan fingerprint density at radius 1 is 1.40 bits per heavy atom. The molecule has 6 nitrogen and oxygen atoms in total. The number of rotatable bonds is 5. The van der Waals surface area contributed by atoms with E-state index in [4.69, 9.17) is 10.5 Å². The Morgan fingerprint density at radius 2 is 2.10 bits per heavy atom. The fourth-order valence-electron chi connectivity index (χ4n) is 1.82. The van der Waals surface area contributed by atoms with Gasteiger partial charge in [0.25, 0.3) is 0 Å². The minimum atomic E-state index is -0.491. The maximum atomic E-state index is 11.9. The van der Waals surface area contributed by atoms with Crippen molar-refractivity contribution >= 4 is 23.3 Å². The van der Waals surface area contributed by atoms with Crippen LogP contribution in [0.1, 0.15) is 30.1 Å². The second-order valence-corrected chi connectivity index (χ2v) is 4.95. The van der Waals surface area contributed by atoms with Crippen molar-refractivity contribution in [2.75, 3.05) is 18.2 Å². The number of methoxy groups -OCH3 is 1. The van der Waals surface area contributed by atoms with Gasteiger partial charge in [0.15, 0.2) is 0 Å². The smallest absolute Gasteiger partial charge is 0.340 e. The van der Waals surface area contributed by atoms with E-state index in [0.717, 1.165) is 12.8 Å². The molecule has 1 unspecified atom stereocenters. The lowest BCUT2D eigenvalue weighted by Crippen LogP contribution is -2.39. The lowest BCUT2D eigenvalue weighted by Gasteiger charge is -2.17. The summed E-state index contributed by atoms with van der Waals surface area (Å²) >= 11 is 0. The van der Waals surface area contributed by atoms with Crippen molar-refractivity contribution in [2.24, 2.45) is 0 Å². The van der Waals surface area contributed by atoms with E-state index in [0.29, 0.717) is 23.0 Å². The number of carbonyl (C=O) groups excluding carboxylic acids is 2. The molecule has 2 rings (SSSR count). The van der Waals surface area contributed by atoms with Crippen molar-refractivity contribution in [3.63, 3.8) is 0 Å². The number of ether oxygens (including phenoxy) is 1. The number of carbonyl (C=O) groups is 2. The maximum Gasteiger partial charge on any atom is 0.340 e. The summed E-state index contributed by atoms with van der Waals surface area (Å²) in [5, 5.41) is 5.92. The standard InChI is InChI=1S/C14H19N3O3/c1-8(13(18)17-10-4-5-10)16-12-6-3-9(15)7-11(12)14(19)20-2/h3,6-8,10,16H,4-5,15H2,1-2H3,(H,17,18). The molecule has 1 aromatic rings. The summed E-state index contributed by atoms with van der Waals surface area (Å²) in [4.78, 5) is 23.6.